The zero-order valence-electron chi connectivity index (χ0n) is 38.4. The van der Waals surface area contributed by atoms with Gasteiger partial charge in [-0.25, -0.2) is 0 Å². The molecule has 12 aromatic carbocycles. The Morgan fingerprint density at radius 1 is 0.290 bits per heavy atom. The SMILES string of the molecule is CC1(c2ccccc2)c2ccccc2-c2c(N(c3ccc(-c4ccc5c(c4)c(-c4ccccc4)c(-c4ccccc4)c4ccccc45)cc3)c3ccc(-c4cccc5ccccc45)cc3)cccc21. The van der Waals surface area contributed by atoms with Crippen molar-refractivity contribution in [2.45, 2.75) is 12.3 Å². The normalized spacial score (nSPS) is 13.9. The summed E-state index contributed by atoms with van der Waals surface area (Å²) in [5.41, 5.74) is 19.2. The van der Waals surface area contributed by atoms with Crippen molar-refractivity contribution in [1.29, 1.82) is 0 Å². The summed E-state index contributed by atoms with van der Waals surface area (Å²) in [4.78, 5) is 2.47. The second-order valence-corrected chi connectivity index (χ2v) is 18.5. The molecule has 0 bridgehead atoms. The van der Waals surface area contributed by atoms with E-state index in [1.165, 1.54) is 105 Å². The molecule has 0 saturated carbocycles. The Morgan fingerprint density at radius 2 is 0.783 bits per heavy atom. The second kappa shape index (κ2) is 16.5. The van der Waals surface area contributed by atoms with Crippen molar-refractivity contribution < 1.29 is 0 Å². The third kappa shape index (κ3) is 6.61. The molecule has 324 valence electrons. The van der Waals surface area contributed by atoms with Crippen LogP contribution < -0.4 is 4.90 Å². The van der Waals surface area contributed by atoms with E-state index in [-0.39, 0.29) is 5.41 Å². The summed E-state index contributed by atoms with van der Waals surface area (Å²) >= 11 is 0. The molecule has 1 unspecified atom stereocenters. The fraction of sp³-hybridized carbons (Fsp3) is 0.0294. The lowest BCUT2D eigenvalue weighted by Gasteiger charge is -2.30. The van der Waals surface area contributed by atoms with Gasteiger partial charge in [0.25, 0.3) is 0 Å². The van der Waals surface area contributed by atoms with Crippen molar-refractivity contribution in [3.05, 3.63) is 284 Å². The number of fused-ring (bicyclic) bond motifs is 7. The maximum atomic E-state index is 2.47. The maximum absolute atomic E-state index is 2.47. The largest absolute Gasteiger partial charge is 0.310 e. The van der Waals surface area contributed by atoms with Crippen molar-refractivity contribution in [2.75, 3.05) is 4.90 Å². The van der Waals surface area contributed by atoms with Crippen molar-refractivity contribution in [2.24, 2.45) is 0 Å². The molecule has 0 amide bonds. The van der Waals surface area contributed by atoms with Crippen LogP contribution in [0, 0.1) is 0 Å². The minimum absolute atomic E-state index is 0.322. The van der Waals surface area contributed by atoms with Crippen LogP contribution in [0.15, 0.2) is 267 Å². The smallest absolute Gasteiger partial charge is 0.0543 e. The van der Waals surface area contributed by atoms with Gasteiger partial charge in [0.2, 0.25) is 0 Å². The van der Waals surface area contributed by atoms with Crippen molar-refractivity contribution in [3.63, 3.8) is 0 Å². The van der Waals surface area contributed by atoms with Gasteiger partial charge in [-0.15, -0.1) is 0 Å². The van der Waals surface area contributed by atoms with E-state index in [0.717, 1.165) is 17.1 Å². The first-order valence-corrected chi connectivity index (χ1v) is 24.0. The van der Waals surface area contributed by atoms with Crippen molar-refractivity contribution >= 4 is 49.4 Å². The van der Waals surface area contributed by atoms with Gasteiger partial charge in [-0.05, 0) is 142 Å². The van der Waals surface area contributed by atoms with E-state index in [4.69, 9.17) is 0 Å². The van der Waals surface area contributed by atoms with Crippen LogP contribution in [-0.2, 0) is 5.41 Å². The minimum Gasteiger partial charge on any atom is -0.310 e. The van der Waals surface area contributed by atoms with Crippen LogP contribution in [0.1, 0.15) is 23.6 Å². The average Bonchev–Trinajstić information content (AvgIpc) is 3.70. The average molecular weight is 878 g/mol. The van der Waals surface area contributed by atoms with E-state index >= 15 is 0 Å². The third-order valence-corrected chi connectivity index (χ3v) is 14.7. The highest BCUT2D eigenvalue weighted by Crippen LogP contribution is 2.57. The molecule has 1 atom stereocenters. The monoisotopic (exact) mass is 877 g/mol. The Hall–Kier alpha value is -8.78. The van der Waals surface area contributed by atoms with Gasteiger partial charge in [0.1, 0.15) is 0 Å². The quantitative estimate of drug-likeness (QED) is 0.138. The van der Waals surface area contributed by atoms with Gasteiger partial charge in [-0.2, -0.15) is 0 Å². The molecule has 12 aromatic rings. The zero-order chi connectivity index (χ0) is 45.9. The fourth-order valence-electron chi connectivity index (χ4n) is 11.5. The fourth-order valence-corrected chi connectivity index (χ4v) is 11.5. The van der Waals surface area contributed by atoms with Gasteiger partial charge in [0.05, 0.1) is 5.69 Å². The van der Waals surface area contributed by atoms with Crippen LogP contribution in [0.25, 0.3) is 88.0 Å². The number of nitrogens with zero attached hydrogens (tertiary/aromatic N) is 1. The Morgan fingerprint density at radius 3 is 1.49 bits per heavy atom. The van der Waals surface area contributed by atoms with E-state index in [2.05, 4.69) is 279 Å². The van der Waals surface area contributed by atoms with Crippen LogP contribution in [0.3, 0.4) is 0 Å². The molecule has 0 spiro atoms. The van der Waals surface area contributed by atoms with Gasteiger partial charge in [-0.3, -0.25) is 0 Å². The lowest BCUT2D eigenvalue weighted by molar-refractivity contribution is 0.714. The molecule has 0 fully saturated rings. The third-order valence-electron chi connectivity index (χ3n) is 14.7. The first-order chi connectivity index (χ1) is 34.1. The molecular weight excluding hydrogens is 831 g/mol. The summed E-state index contributed by atoms with van der Waals surface area (Å²) in [5, 5.41) is 7.52. The molecule has 1 aliphatic rings. The van der Waals surface area contributed by atoms with E-state index in [9.17, 15) is 0 Å². The molecule has 0 aliphatic heterocycles. The first-order valence-electron chi connectivity index (χ1n) is 24.0. The standard InChI is InChI=1S/C68H47N/c1-68(52-25-9-4-10-26-52)62-32-16-15-30-60(62)67-63(68)33-18-34-64(67)69(54-42-37-48(38-43-54)56-31-17-24-47-19-11-12-27-55(47)56)53-40-35-46(36-41-53)51-39-44-58-57-28-13-14-29-59(57)65(49-20-5-2-6-21-49)66(61(58)45-51)50-22-7-3-8-23-50/h2-45H,1H3. The highest BCUT2D eigenvalue weighted by molar-refractivity contribution is 6.22. The van der Waals surface area contributed by atoms with Gasteiger partial charge in [0.15, 0.2) is 0 Å². The van der Waals surface area contributed by atoms with Gasteiger partial charge in [-0.1, -0.05) is 231 Å². The lowest BCUT2D eigenvalue weighted by Crippen LogP contribution is -2.22. The molecular formula is C68H47N. The molecule has 0 aromatic heterocycles. The van der Waals surface area contributed by atoms with Gasteiger partial charge >= 0.3 is 0 Å². The van der Waals surface area contributed by atoms with Gasteiger partial charge < -0.3 is 4.90 Å². The summed E-state index contributed by atoms with van der Waals surface area (Å²) < 4.78 is 0. The predicted octanol–water partition coefficient (Wildman–Crippen LogP) is 18.6. The molecule has 69 heavy (non-hydrogen) atoms. The number of rotatable bonds is 8. The van der Waals surface area contributed by atoms with Crippen LogP contribution in [0.2, 0.25) is 0 Å². The van der Waals surface area contributed by atoms with Crippen LogP contribution in [0.4, 0.5) is 17.1 Å². The van der Waals surface area contributed by atoms with E-state index in [1.54, 1.807) is 0 Å². The van der Waals surface area contributed by atoms with Crippen molar-refractivity contribution in [3.8, 4) is 55.6 Å². The number of benzene rings is 12. The van der Waals surface area contributed by atoms with E-state index in [1.807, 2.05) is 0 Å². The highest BCUT2D eigenvalue weighted by atomic mass is 15.1. The Bertz CT molecular complexity index is 3870. The topological polar surface area (TPSA) is 3.24 Å². The second-order valence-electron chi connectivity index (χ2n) is 18.5. The van der Waals surface area contributed by atoms with Gasteiger partial charge in [0, 0.05) is 22.4 Å². The summed E-state index contributed by atoms with van der Waals surface area (Å²) in [6.07, 6.45) is 0. The molecule has 0 radical (unpaired) electrons. The molecule has 1 heteroatoms. The number of hydrogen-bond acceptors (Lipinski definition) is 1. The number of hydrogen-bond donors (Lipinski definition) is 0. The molecule has 0 N–H and O–H groups in total. The molecule has 1 nitrogen and oxygen atoms in total. The van der Waals surface area contributed by atoms with Crippen molar-refractivity contribution in [1.82, 2.24) is 0 Å². The maximum Gasteiger partial charge on any atom is 0.0543 e. The Labute approximate surface area is 403 Å². The van der Waals surface area contributed by atoms with Crippen LogP contribution in [-0.4, -0.2) is 0 Å². The van der Waals surface area contributed by atoms with Crippen LogP contribution >= 0.6 is 0 Å². The highest BCUT2D eigenvalue weighted by Gasteiger charge is 2.42. The predicted molar refractivity (Wildman–Crippen MR) is 293 cm³/mol. The zero-order valence-corrected chi connectivity index (χ0v) is 38.4. The lowest BCUT2D eigenvalue weighted by atomic mass is 9.74. The summed E-state index contributed by atoms with van der Waals surface area (Å²) in [5.74, 6) is 0. The van der Waals surface area contributed by atoms with E-state index in [0.29, 0.717) is 0 Å². The number of anilines is 3. The summed E-state index contributed by atoms with van der Waals surface area (Å²) in [7, 11) is 0. The summed E-state index contributed by atoms with van der Waals surface area (Å²) in [6, 6.07) is 98.3. The Balaban J connectivity index is 0.986. The minimum atomic E-state index is -0.322. The van der Waals surface area contributed by atoms with Crippen LogP contribution in [0.5, 0.6) is 0 Å². The molecule has 1 aliphatic carbocycles. The molecule has 13 rings (SSSR count). The molecule has 0 heterocycles. The first kappa shape index (κ1) is 40.5. The van der Waals surface area contributed by atoms with E-state index < -0.39 is 0 Å². The Kier molecular flexibility index (Phi) is 9.70. The molecule has 0 saturated heterocycles. The summed E-state index contributed by atoms with van der Waals surface area (Å²) in [6.45, 7) is 2.40.